The molecule has 0 aliphatic rings. The minimum absolute atomic E-state index is 0.185. The van der Waals surface area contributed by atoms with Crippen LogP contribution >= 0.6 is 11.3 Å². The van der Waals surface area contributed by atoms with Crippen molar-refractivity contribution in [1.29, 1.82) is 0 Å². The summed E-state index contributed by atoms with van der Waals surface area (Å²) in [5, 5.41) is 5.73. The lowest BCUT2D eigenvalue weighted by Gasteiger charge is -2.20. The zero-order valence-corrected chi connectivity index (χ0v) is 12.7. The van der Waals surface area contributed by atoms with Gasteiger partial charge in [-0.2, -0.15) is 0 Å². The van der Waals surface area contributed by atoms with Crippen LogP contribution in [0.4, 0.5) is 0 Å². The van der Waals surface area contributed by atoms with Gasteiger partial charge < -0.3 is 14.8 Å². The maximum absolute atomic E-state index is 4.48. The third-order valence-electron chi connectivity index (χ3n) is 3.33. The first-order valence-electron chi connectivity index (χ1n) is 6.65. The average molecular weight is 278 g/mol. The molecule has 0 saturated heterocycles. The largest absolute Gasteiger partial charge is 0.336 e. The molecule has 0 radical (unpaired) electrons. The van der Waals surface area contributed by atoms with Gasteiger partial charge in [-0.25, -0.2) is 4.98 Å². The Balaban J connectivity index is 2.06. The number of nitrogens with one attached hydrogen (secondary N) is 1. The second-order valence-corrected chi connectivity index (χ2v) is 5.67. The molecule has 1 unspecified atom stereocenters. The summed E-state index contributed by atoms with van der Waals surface area (Å²) in [6, 6.07) is 4.45. The van der Waals surface area contributed by atoms with Crippen molar-refractivity contribution in [1.82, 2.24) is 19.8 Å². The quantitative estimate of drug-likeness (QED) is 0.842. The molecule has 4 nitrogen and oxygen atoms in total. The van der Waals surface area contributed by atoms with Gasteiger partial charge in [0.1, 0.15) is 11.9 Å². The monoisotopic (exact) mass is 278 g/mol. The maximum atomic E-state index is 4.48. The number of imidazole rings is 1. The van der Waals surface area contributed by atoms with Gasteiger partial charge in [-0.1, -0.05) is 13.0 Å². The second kappa shape index (κ2) is 6.84. The van der Waals surface area contributed by atoms with Crippen LogP contribution in [0.15, 0.2) is 29.9 Å². The molecular weight excluding hydrogens is 256 g/mol. The van der Waals surface area contributed by atoms with Crippen LogP contribution < -0.4 is 5.32 Å². The highest BCUT2D eigenvalue weighted by atomic mass is 32.1. The van der Waals surface area contributed by atoms with Gasteiger partial charge in [0.25, 0.3) is 0 Å². The van der Waals surface area contributed by atoms with E-state index in [1.54, 1.807) is 11.3 Å². The molecule has 104 valence electrons. The van der Waals surface area contributed by atoms with Crippen LogP contribution in [0.5, 0.6) is 0 Å². The van der Waals surface area contributed by atoms with E-state index in [1.165, 1.54) is 4.88 Å². The Hall–Kier alpha value is -1.17. The Morgan fingerprint density at radius 3 is 2.95 bits per heavy atom. The zero-order chi connectivity index (χ0) is 13.7. The summed E-state index contributed by atoms with van der Waals surface area (Å²) >= 11 is 1.77. The van der Waals surface area contributed by atoms with Crippen LogP contribution in [0.25, 0.3) is 0 Å². The van der Waals surface area contributed by atoms with Crippen molar-refractivity contribution in [2.45, 2.75) is 13.0 Å². The molecule has 2 rings (SSSR count). The zero-order valence-electron chi connectivity index (χ0n) is 11.8. The molecule has 2 aromatic heterocycles. The molecule has 2 heterocycles. The summed E-state index contributed by atoms with van der Waals surface area (Å²) in [5.41, 5.74) is 0. The van der Waals surface area contributed by atoms with E-state index in [4.69, 9.17) is 0 Å². The van der Waals surface area contributed by atoms with Crippen molar-refractivity contribution in [3.63, 3.8) is 0 Å². The van der Waals surface area contributed by atoms with Crippen molar-refractivity contribution in [2.24, 2.45) is 7.05 Å². The Morgan fingerprint density at radius 1 is 1.53 bits per heavy atom. The predicted octanol–water partition coefficient (Wildman–Crippen LogP) is 2.11. The second-order valence-electron chi connectivity index (χ2n) is 4.69. The summed E-state index contributed by atoms with van der Waals surface area (Å²) in [5.74, 6) is 1.07. The lowest BCUT2D eigenvalue weighted by molar-refractivity contribution is 0.343. The number of likely N-dealkylation sites (N-methyl/N-ethyl adjacent to an activating group) is 1. The minimum Gasteiger partial charge on any atom is -0.336 e. The highest BCUT2D eigenvalue weighted by Gasteiger charge is 2.18. The van der Waals surface area contributed by atoms with E-state index >= 15 is 0 Å². The fourth-order valence-electron chi connectivity index (χ4n) is 1.99. The van der Waals surface area contributed by atoms with Crippen molar-refractivity contribution < 1.29 is 0 Å². The van der Waals surface area contributed by atoms with Crippen LogP contribution in [-0.2, 0) is 7.05 Å². The van der Waals surface area contributed by atoms with Crippen LogP contribution in [0.1, 0.15) is 23.7 Å². The lowest BCUT2D eigenvalue weighted by Crippen LogP contribution is -2.32. The predicted molar refractivity (Wildman–Crippen MR) is 80.5 cm³/mol. The van der Waals surface area contributed by atoms with Crippen molar-refractivity contribution in [3.05, 3.63) is 40.6 Å². The third kappa shape index (κ3) is 3.65. The molecule has 19 heavy (non-hydrogen) atoms. The number of hydrogen-bond donors (Lipinski definition) is 1. The molecule has 0 amide bonds. The normalized spacial score (nSPS) is 13.1. The smallest absolute Gasteiger partial charge is 0.131 e. The van der Waals surface area contributed by atoms with Crippen LogP contribution in [-0.4, -0.2) is 41.1 Å². The van der Waals surface area contributed by atoms with E-state index < -0.39 is 0 Å². The van der Waals surface area contributed by atoms with Crippen LogP contribution in [0, 0.1) is 0 Å². The topological polar surface area (TPSA) is 33.1 Å². The molecule has 0 bridgehead atoms. The Bertz CT molecular complexity index is 477. The summed E-state index contributed by atoms with van der Waals surface area (Å²) in [7, 11) is 4.19. The molecule has 0 aliphatic heterocycles. The molecule has 1 atom stereocenters. The van der Waals surface area contributed by atoms with Crippen LogP contribution in [0.2, 0.25) is 0 Å². The Labute approximate surface area is 119 Å². The molecule has 5 heteroatoms. The van der Waals surface area contributed by atoms with Gasteiger partial charge in [0, 0.05) is 37.4 Å². The van der Waals surface area contributed by atoms with E-state index in [-0.39, 0.29) is 6.04 Å². The van der Waals surface area contributed by atoms with Gasteiger partial charge in [-0.05, 0) is 25.0 Å². The van der Waals surface area contributed by atoms with E-state index in [2.05, 4.69) is 51.3 Å². The standard InChI is InChI=1S/C14H22N4S/c1-4-17(2)9-7-15-13(12-6-5-11-19-12)14-16-8-10-18(14)3/h5-6,8,10-11,13,15H,4,7,9H2,1-3H3. The van der Waals surface area contributed by atoms with Crippen LogP contribution in [0.3, 0.4) is 0 Å². The van der Waals surface area contributed by atoms with E-state index in [0.29, 0.717) is 0 Å². The minimum atomic E-state index is 0.185. The van der Waals surface area contributed by atoms with Gasteiger partial charge >= 0.3 is 0 Å². The van der Waals surface area contributed by atoms with Gasteiger partial charge in [-0.3, -0.25) is 0 Å². The van der Waals surface area contributed by atoms with Crippen molar-refractivity contribution >= 4 is 11.3 Å². The SMILES string of the molecule is CCN(C)CCNC(c1cccs1)c1nccn1C. The fourth-order valence-corrected chi connectivity index (χ4v) is 2.78. The van der Waals surface area contributed by atoms with E-state index in [1.807, 2.05) is 19.4 Å². The first kappa shape index (κ1) is 14.2. The van der Waals surface area contributed by atoms with Gasteiger partial charge in [0.05, 0.1) is 0 Å². The third-order valence-corrected chi connectivity index (χ3v) is 4.26. The number of aryl methyl sites for hydroxylation is 1. The Morgan fingerprint density at radius 2 is 2.37 bits per heavy atom. The molecule has 0 saturated carbocycles. The van der Waals surface area contributed by atoms with E-state index in [9.17, 15) is 0 Å². The summed E-state index contributed by atoms with van der Waals surface area (Å²) in [6.45, 7) is 5.26. The molecule has 0 spiro atoms. The lowest BCUT2D eigenvalue weighted by atomic mass is 10.2. The van der Waals surface area contributed by atoms with E-state index in [0.717, 1.165) is 25.5 Å². The molecule has 2 aromatic rings. The number of aromatic nitrogens is 2. The molecule has 0 fully saturated rings. The summed E-state index contributed by atoms with van der Waals surface area (Å²) in [4.78, 5) is 8.10. The molecule has 0 aromatic carbocycles. The first-order chi connectivity index (χ1) is 9.22. The average Bonchev–Trinajstić information content (AvgIpc) is 3.06. The molecule has 0 aliphatic carbocycles. The van der Waals surface area contributed by atoms with Gasteiger partial charge in [0.2, 0.25) is 0 Å². The summed E-state index contributed by atoms with van der Waals surface area (Å²) in [6.07, 6.45) is 3.85. The van der Waals surface area contributed by atoms with Gasteiger partial charge in [0.15, 0.2) is 0 Å². The summed E-state index contributed by atoms with van der Waals surface area (Å²) < 4.78 is 2.08. The molecule has 1 N–H and O–H groups in total. The number of rotatable bonds is 7. The first-order valence-corrected chi connectivity index (χ1v) is 7.53. The fraction of sp³-hybridized carbons (Fsp3) is 0.500. The number of thiophene rings is 1. The number of nitrogens with zero attached hydrogens (tertiary/aromatic N) is 3. The Kier molecular flexibility index (Phi) is 5.13. The van der Waals surface area contributed by atoms with Gasteiger partial charge in [-0.15, -0.1) is 11.3 Å². The molecular formula is C14H22N4S. The van der Waals surface area contributed by atoms with Crippen molar-refractivity contribution in [2.75, 3.05) is 26.7 Å². The highest BCUT2D eigenvalue weighted by Crippen LogP contribution is 2.24. The van der Waals surface area contributed by atoms with Crippen molar-refractivity contribution in [3.8, 4) is 0 Å². The number of hydrogen-bond acceptors (Lipinski definition) is 4. The highest BCUT2D eigenvalue weighted by molar-refractivity contribution is 7.10. The maximum Gasteiger partial charge on any atom is 0.131 e.